The highest BCUT2D eigenvalue weighted by Gasteiger charge is 2.29. The molecule has 1 aliphatic heterocycles. The Balaban J connectivity index is 1.52. The van der Waals surface area contributed by atoms with Gasteiger partial charge in [0, 0.05) is 42.2 Å². The molecule has 0 spiro atoms. The van der Waals surface area contributed by atoms with Gasteiger partial charge in [-0.2, -0.15) is 5.10 Å². The van der Waals surface area contributed by atoms with Gasteiger partial charge in [-0.1, -0.05) is 12.1 Å². The zero-order valence-electron chi connectivity index (χ0n) is 16.2. The van der Waals surface area contributed by atoms with Crippen LogP contribution in [0.4, 0.5) is 0 Å². The molecule has 1 aromatic carbocycles. The molecule has 1 N–H and O–H groups in total. The molecule has 5 rings (SSSR count). The Morgan fingerprint density at radius 3 is 2.97 bits per heavy atom. The van der Waals surface area contributed by atoms with Crippen molar-refractivity contribution in [2.75, 3.05) is 13.7 Å². The Morgan fingerprint density at radius 2 is 2.10 bits per heavy atom. The maximum atomic E-state index is 13.4. The van der Waals surface area contributed by atoms with Crippen molar-refractivity contribution in [3.05, 3.63) is 65.4 Å². The summed E-state index contributed by atoms with van der Waals surface area (Å²) < 4.78 is 7.26. The summed E-state index contributed by atoms with van der Waals surface area (Å²) >= 11 is 0. The number of aromatic nitrogens is 5. The number of carbonyl (C=O) groups excluding carboxylic acids is 1. The van der Waals surface area contributed by atoms with Gasteiger partial charge in [-0.15, -0.1) is 0 Å². The number of fused-ring (bicyclic) bond motifs is 2. The molecule has 8 heteroatoms. The highest BCUT2D eigenvalue weighted by Crippen LogP contribution is 2.34. The van der Waals surface area contributed by atoms with Gasteiger partial charge in [0.05, 0.1) is 19.3 Å². The van der Waals surface area contributed by atoms with Gasteiger partial charge in [0.2, 0.25) is 5.78 Å². The summed E-state index contributed by atoms with van der Waals surface area (Å²) in [6, 6.07) is 9.58. The van der Waals surface area contributed by atoms with Crippen molar-refractivity contribution in [3.63, 3.8) is 0 Å². The minimum atomic E-state index is -0.0548. The number of rotatable bonds is 3. The number of benzene rings is 1. The monoisotopic (exact) mass is 388 g/mol. The van der Waals surface area contributed by atoms with Crippen LogP contribution in [0.5, 0.6) is 5.75 Å². The lowest BCUT2D eigenvalue weighted by atomic mass is 10.00. The molecule has 0 aliphatic carbocycles. The Hall–Kier alpha value is -3.68. The van der Waals surface area contributed by atoms with Crippen molar-refractivity contribution in [3.8, 4) is 17.0 Å². The highest BCUT2D eigenvalue weighted by molar-refractivity contribution is 5.94. The first-order chi connectivity index (χ1) is 14.2. The van der Waals surface area contributed by atoms with E-state index in [9.17, 15) is 4.79 Å². The fraction of sp³-hybridized carbons (Fsp3) is 0.238. The lowest BCUT2D eigenvalue weighted by Crippen LogP contribution is -2.36. The fourth-order valence-electron chi connectivity index (χ4n) is 3.94. The van der Waals surface area contributed by atoms with Gasteiger partial charge in [-0.25, -0.2) is 9.97 Å². The number of nitrogens with zero attached hydrogens (tertiary/aromatic N) is 5. The molecule has 4 heterocycles. The van der Waals surface area contributed by atoms with Crippen molar-refractivity contribution in [2.24, 2.45) is 0 Å². The van der Waals surface area contributed by atoms with Crippen LogP contribution in [0.15, 0.2) is 42.7 Å². The van der Waals surface area contributed by atoms with E-state index in [0.29, 0.717) is 30.3 Å². The van der Waals surface area contributed by atoms with Gasteiger partial charge in [0.1, 0.15) is 17.1 Å². The van der Waals surface area contributed by atoms with Gasteiger partial charge in [-0.3, -0.25) is 14.3 Å². The topological polar surface area (TPSA) is 88.4 Å². The summed E-state index contributed by atoms with van der Waals surface area (Å²) in [5.41, 5.74) is 5.06. The van der Waals surface area contributed by atoms with Crippen molar-refractivity contribution < 1.29 is 9.53 Å². The van der Waals surface area contributed by atoms with Crippen LogP contribution in [-0.2, 0) is 13.0 Å². The second-order valence-corrected chi connectivity index (χ2v) is 7.04. The first-order valence-electron chi connectivity index (χ1n) is 9.46. The normalized spacial score (nSPS) is 13.5. The molecule has 1 amide bonds. The SMILES string of the molecule is COc1ccccc1-c1n[nH]c2c1CN(C(=O)c1c(C)nc3ncccn13)CC2. The van der Waals surface area contributed by atoms with Crippen molar-refractivity contribution >= 4 is 11.7 Å². The van der Waals surface area contributed by atoms with E-state index in [1.807, 2.05) is 42.3 Å². The molecule has 8 nitrogen and oxygen atoms in total. The molecule has 0 saturated carbocycles. The number of aromatic amines is 1. The van der Waals surface area contributed by atoms with E-state index in [4.69, 9.17) is 4.74 Å². The van der Waals surface area contributed by atoms with Crippen LogP contribution in [0, 0.1) is 6.92 Å². The number of hydrogen-bond donors (Lipinski definition) is 1. The van der Waals surface area contributed by atoms with Crippen LogP contribution in [0.25, 0.3) is 17.0 Å². The number of hydrogen-bond acceptors (Lipinski definition) is 5. The third kappa shape index (κ3) is 2.75. The van der Waals surface area contributed by atoms with Crippen molar-refractivity contribution in [1.29, 1.82) is 0 Å². The number of nitrogens with one attached hydrogen (secondary N) is 1. The quantitative estimate of drug-likeness (QED) is 0.583. The molecule has 0 saturated heterocycles. The van der Waals surface area contributed by atoms with E-state index in [1.54, 1.807) is 23.8 Å². The molecular formula is C21H20N6O2. The summed E-state index contributed by atoms with van der Waals surface area (Å²) in [5.74, 6) is 1.24. The van der Waals surface area contributed by atoms with E-state index in [2.05, 4.69) is 20.2 Å². The first kappa shape index (κ1) is 17.4. The molecule has 29 heavy (non-hydrogen) atoms. The lowest BCUT2D eigenvalue weighted by Gasteiger charge is -2.27. The Morgan fingerprint density at radius 1 is 1.24 bits per heavy atom. The van der Waals surface area contributed by atoms with Crippen LogP contribution in [0.1, 0.15) is 27.4 Å². The average Bonchev–Trinajstić information content (AvgIpc) is 3.32. The number of aryl methyl sites for hydroxylation is 1. The number of amides is 1. The fourth-order valence-corrected chi connectivity index (χ4v) is 3.94. The molecule has 1 aliphatic rings. The third-order valence-corrected chi connectivity index (χ3v) is 5.36. The largest absolute Gasteiger partial charge is 0.496 e. The zero-order valence-corrected chi connectivity index (χ0v) is 16.2. The molecule has 146 valence electrons. The second-order valence-electron chi connectivity index (χ2n) is 7.04. The van der Waals surface area contributed by atoms with Crippen LogP contribution in [0.2, 0.25) is 0 Å². The lowest BCUT2D eigenvalue weighted by molar-refractivity contribution is 0.0726. The summed E-state index contributed by atoms with van der Waals surface area (Å²) in [6.45, 7) is 2.94. The van der Waals surface area contributed by atoms with Crippen LogP contribution < -0.4 is 4.74 Å². The van der Waals surface area contributed by atoms with Crippen LogP contribution in [-0.4, -0.2) is 49.0 Å². The minimum absolute atomic E-state index is 0.0548. The predicted octanol–water partition coefficient (Wildman–Crippen LogP) is 2.63. The summed E-state index contributed by atoms with van der Waals surface area (Å²) in [4.78, 5) is 23.9. The Bertz CT molecular complexity index is 1230. The maximum absolute atomic E-state index is 13.4. The molecule has 0 radical (unpaired) electrons. The molecule has 0 bridgehead atoms. The molecule has 0 unspecified atom stereocenters. The smallest absolute Gasteiger partial charge is 0.273 e. The van der Waals surface area contributed by atoms with Gasteiger partial charge in [-0.05, 0) is 25.1 Å². The number of ether oxygens (including phenoxy) is 1. The summed E-state index contributed by atoms with van der Waals surface area (Å²) in [7, 11) is 1.65. The summed E-state index contributed by atoms with van der Waals surface area (Å²) in [5, 5.41) is 7.67. The van der Waals surface area contributed by atoms with Crippen molar-refractivity contribution in [1.82, 2.24) is 29.5 Å². The molecule has 0 atom stereocenters. The van der Waals surface area contributed by atoms with Crippen LogP contribution >= 0.6 is 0 Å². The minimum Gasteiger partial charge on any atom is -0.496 e. The Labute approximate surface area is 167 Å². The van der Waals surface area contributed by atoms with Gasteiger partial charge >= 0.3 is 0 Å². The van der Waals surface area contributed by atoms with E-state index in [0.717, 1.165) is 34.7 Å². The van der Waals surface area contributed by atoms with E-state index in [-0.39, 0.29) is 5.91 Å². The number of methoxy groups -OCH3 is 1. The van der Waals surface area contributed by atoms with Crippen LogP contribution in [0.3, 0.4) is 0 Å². The third-order valence-electron chi connectivity index (χ3n) is 5.36. The standard InChI is InChI=1S/C21H20N6O2/c1-13-19(27-10-5-9-22-21(27)23-13)20(28)26-11-8-16-15(12-26)18(25-24-16)14-6-3-4-7-17(14)29-2/h3-7,9-10H,8,11-12H2,1-2H3,(H,24,25). The number of para-hydroxylation sites is 1. The van der Waals surface area contributed by atoms with E-state index >= 15 is 0 Å². The highest BCUT2D eigenvalue weighted by atomic mass is 16.5. The molecule has 0 fully saturated rings. The van der Waals surface area contributed by atoms with E-state index < -0.39 is 0 Å². The zero-order chi connectivity index (χ0) is 20.0. The Kier molecular flexibility index (Phi) is 4.04. The number of imidazole rings is 1. The van der Waals surface area contributed by atoms with E-state index in [1.165, 1.54) is 0 Å². The number of carbonyl (C=O) groups is 1. The summed E-state index contributed by atoms with van der Waals surface area (Å²) in [6.07, 6.45) is 4.22. The van der Waals surface area contributed by atoms with Gasteiger partial charge in [0.25, 0.3) is 5.91 Å². The second kappa shape index (κ2) is 6.73. The average molecular weight is 388 g/mol. The van der Waals surface area contributed by atoms with Gasteiger partial charge < -0.3 is 9.64 Å². The first-order valence-corrected chi connectivity index (χ1v) is 9.46. The molecule has 4 aromatic rings. The number of H-pyrrole nitrogens is 1. The molecule has 3 aromatic heterocycles. The molecular weight excluding hydrogens is 368 g/mol. The predicted molar refractivity (Wildman–Crippen MR) is 107 cm³/mol. The van der Waals surface area contributed by atoms with Gasteiger partial charge in [0.15, 0.2) is 0 Å². The van der Waals surface area contributed by atoms with Crippen molar-refractivity contribution in [2.45, 2.75) is 19.9 Å². The maximum Gasteiger partial charge on any atom is 0.273 e.